The molecule has 0 bridgehead atoms. The van der Waals surface area contributed by atoms with Crippen molar-refractivity contribution in [2.24, 2.45) is 5.41 Å². The number of rotatable bonds is 4. The summed E-state index contributed by atoms with van der Waals surface area (Å²) in [6.07, 6.45) is 1.97. The highest BCUT2D eigenvalue weighted by molar-refractivity contribution is 5.97. The number of piperidine rings is 1. The molecule has 1 aliphatic rings. The lowest BCUT2D eigenvalue weighted by Gasteiger charge is -2.35. The number of benzene rings is 1. The number of hydrogen-bond donors (Lipinski definition) is 2. The van der Waals surface area contributed by atoms with E-state index in [-0.39, 0.29) is 17.3 Å². The molecule has 0 atom stereocenters. The Morgan fingerprint density at radius 1 is 1.48 bits per heavy atom. The molecule has 2 rings (SSSR count). The van der Waals surface area contributed by atoms with E-state index in [1.807, 2.05) is 6.92 Å². The summed E-state index contributed by atoms with van der Waals surface area (Å²) in [5.74, 6) is -0.896. The summed E-state index contributed by atoms with van der Waals surface area (Å²) in [5, 5.41) is 16.7. The second-order valence-electron chi connectivity index (χ2n) is 5.26. The van der Waals surface area contributed by atoms with Gasteiger partial charge in [0.15, 0.2) is 0 Å². The van der Waals surface area contributed by atoms with E-state index in [4.69, 9.17) is 0 Å². The highest BCUT2D eigenvalue weighted by atomic mass is 19.1. The van der Waals surface area contributed by atoms with E-state index in [1.54, 1.807) is 0 Å². The molecule has 7 heteroatoms. The normalized spacial score (nSPS) is 17.2. The summed E-state index contributed by atoms with van der Waals surface area (Å²) >= 11 is 0. The Labute approximate surface area is 121 Å². The summed E-state index contributed by atoms with van der Waals surface area (Å²) < 4.78 is 13.3. The van der Waals surface area contributed by atoms with Crippen LogP contribution in [0.3, 0.4) is 0 Å². The van der Waals surface area contributed by atoms with Crippen LogP contribution in [0.1, 0.15) is 26.2 Å². The summed E-state index contributed by atoms with van der Waals surface area (Å²) in [4.78, 5) is 22.9. The fourth-order valence-corrected chi connectivity index (χ4v) is 2.67. The molecule has 21 heavy (non-hydrogen) atoms. The van der Waals surface area contributed by atoms with Gasteiger partial charge in [-0.05, 0) is 38.4 Å². The molecule has 1 saturated heterocycles. The fraction of sp³-hybridized carbons (Fsp3) is 0.500. The number of nitrogens with zero attached hydrogens (tertiary/aromatic N) is 1. The maximum atomic E-state index is 13.3. The van der Waals surface area contributed by atoms with Gasteiger partial charge in [-0.3, -0.25) is 14.9 Å². The highest BCUT2D eigenvalue weighted by Crippen LogP contribution is 2.35. The van der Waals surface area contributed by atoms with E-state index in [2.05, 4.69) is 10.6 Å². The van der Waals surface area contributed by atoms with E-state index < -0.39 is 16.2 Å². The van der Waals surface area contributed by atoms with Gasteiger partial charge in [0.1, 0.15) is 11.5 Å². The summed E-state index contributed by atoms with van der Waals surface area (Å²) in [7, 11) is 0. The van der Waals surface area contributed by atoms with E-state index in [0.29, 0.717) is 19.3 Å². The Bertz CT molecular complexity index is 556. The summed E-state index contributed by atoms with van der Waals surface area (Å²) in [5.41, 5.74) is -0.938. The Morgan fingerprint density at radius 2 is 2.14 bits per heavy atom. The third-order valence-corrected chi connectivity index (χ3v) is 4.12. The molecule has 0 aromatic heterocycles. The number of nitrogens with one attached hydrogen (secondary N) is 2. The Hall–Kier alpha value is -2.02. The van der Waals surface area contributed by atoms with Gasteiger partial charge < -0.3 is 10.6 Å². The molecular weight excluding hydrogens is 277 g/mol. The molecule has 0 saturated carbocycles. The topological polar surface area (TPSA) is 84.3 Å². The first-order valence-electron chi connectivity index (χ1n) is 6.94. The minimum atomic E-state index is -0.629. The Kier molecular flexibility index (Phi) is 4.52. The van der Waals surface area contributed by atoms with Crippen LogP contribution >= 0.6 is 0 Å². The molecule has 1 heterocycles. The molecule has 1 aliphatic heterocycles. The van der Waals surface area contributed by atoms with Crippen LogP contribution in [-0.2, 0) is 4.79 Å². The number of anilines is 1. The van der Waals surface area contributed by atoms with Crippen LogP contribution in [0.4, 0.5) is 15.8 Å². The average molecular weight is 295 g/mol. The predicted octanol–water partition coefficient (Wildman–Crippen LogP) is 2.45. The zero-order valence-electron chi connectivity index (χ0n) is 11.8. The van der Waals surface area contributed by atoms with Crippen molar-refractivity contribution in [3.63, 3.8) is 0 Å². The number of nitro benzene ring substituents is 1. The lowest BCUT2D eigenvalue weighted by molar-refractivity contribution is -0.384. The zero-order valence-corrected chi connectivity index (χ0v) is 11.8. The molecule has 1 aromatic carbocycles. The monoisotopic (exact) mass is 295 g/mol. The van der Waals surface area contributed by atoms with Gasteiger partial charge in [-0.2, -0.15) is 0 Å². The number of nitro groups is 1. The van der Waals surface area contributed by atoms with Crippen molar-refractivity contribution in [1.29, 1.82) is 0 Å². The van der Waals surface area contributed by atoms with Crippen LogP contribution in [0.5, 0.6) is 0 Å². The van der Waals surface area contributed by atoms with Crippen LogP contribution in [0, 0.1) is 21.3 Å². The maximum absolute atomic E-state index is 13.3. The molecule has 0 aliphatic carbocycles. The van der Waals surface area contributed by atoms with Crippen LogP contribution in [0.25, 0.3) is 0 Å². The van der Waals surface area contributed by atoms with E-state index in [0.717, 1.165) is 31.3 Å². The van der Waals surface area contributed by atoms with Crippen LogP contribution < -0.4 is 10.6 Å². The van der Waals surface area contributed by atoms with Gasteiger partial charge in [0.25, 0.3) is 5.69 Å². The van der Waals surface area contributed by atoms with E-state index in [9.17, 15) is 19.3 Å². The van der Waals surface area contributed by atoms with Gasteiger partial charge in [0.05, 0.1) is 10.3 Å². The van der Waals surface area contributed by atoms with Gasteiger partial charge in [0, 0.05) is 12.1 Å². The smallest absolute Gasteiger partial charge is 0.292 e. The van der Waals surface area contributed by atoms with Crippen molar-refractivity contribution in [3.8, 4) is 0 Å². The van der Waals surface area contributed by atoms with Gasteiger partial charge >= 0.3 is 0 Å². The first kappa shape index (κ1) is 15.4. The van der Waals surface area contributed by atoms with Gasteiger partial charge in [-0.1, -0.05) is 6.92 Å². The second-order valence-corrected chi connectivity index (χ2v) is 5.26. The van der Waals surface area contributed by atoms with Crippen LogP contribution in [-0.4, -0.2) is 23.9 Å². The van der Waals surface area contributed by atoms with Gasteiger partial charge in [-0.15, -0.1) is 0 Å². The van der Waals surface area contributed by atoms with E-state index >= 15 is 0 Å². The molecule has 6 nitrogen and oxygen atoms in total. The van der Waals surface area contributed by atoms with Crippen molar-refractivity contribution < 1.29 is 14.1 Å². The SMILES string of the molecule is CCC1(C(=O)Nc2cc(F)ccc2[N+](=O)[O-])CCNCC1. The number of halogens is 1. The zero-order chi connectivity index (χ0) is 15.5. The van der Waals surface area contributed by atoms with Crippen molar-refractivity contribution in [2.45, 2.75) is 26.2 Å². The van der Waals surface area contributed by atoms with Gasteiger partial charge in [0.2, 0.25) is 5.91 Å². The predicted molar refractivity (Wildman–Crippen MR) is 76.5 cm³/mol. The van der Waals surface area contributed by atoms with Crippen LogP contribution in [0.2, 0.25) is 0 Å². The first-order valence-corrected chi connectivity index (χ1v) is 6.94. The molecule has 114 valence electrons. The Balaban J connectivity index is 2.26. The number of carbonyl (C=O) groups is 1. The first-order chi connectivity index (χ1) is 9.98. The molecule has 0 radical (unpaired) electrons. The number of carbonyl (C=O) groups excluding carboxylic acids is 1. The van der Waals surface area contributed by atoms with Crippen molar-refractivity contribution in [2.75, 3.05) is 18.4 Å². The quantitative estimate of drug-likeness (QED) is 0.660. The molecule has 2 N–H and O–H groups in total. The molecule has 1 aromatic rings. The maximum Gasteiger partial charge on any atom is 0.292 e. The van der Waals surface area contributed by atoms with Crippen molar-refractivity contribution in [1.82, 2.24) is 5.32 Å². The molecule has 1 amide bonds. The molecule has 1 fully saturated rings. The molecular formula is C14H18FN3O3. The minimum absolute atomic E-state index is 0.0867. The van der Waals surface area contributed by atoms with Gasteiger partial charge in [-0.25, -0.2) is 4.39 Å². The third kappa shape index (κ3) is 3.18. The highest BCUT2D eigenvalue weighted by Gasteiger charge is 2.38. The molecule has 0 spiro atoms. The number of amides is 1. The van der Waals surface area contributed by atoms with E-state index in [1.165, 1.54) is 0 Å². The molecule has 0 unspecified atom stereocenters. The third-order valence-electron chi connectivity index (χ3n) is 4.12. The standard InChI is InChI=1S/C14H18FN3O3/c1-2-14(5-7-16-8-6-14)13(19)17-11-9-10(15)3-4-12(11)18(20)21/h3-4,9,16H,2,5-8H2,1H3,(H,17,19). The summed E-state index contributed by atoms with van der Waals surface area (Å²) in [6, 6.07) is 3.06. The average Bonchev–Trinajstić information content (AvgIpc) is 2.47. The number of hydrogen-bond acceptors (Lipinski definition) is 4. The minimum Gasteiger partial charge on any atom is -0.320 e. The van der Waals surface area contributed by atoms with Crippen LogP contribution in [0.15, 0.2) is 18.2 Å². The summed E-state index contributed by atoms with van der Waals surface area (Å²) in [6.45, 7) is 3.38. The van der Waals surface area contributed by atoms with Crippen molar-refractivity contribution in [3.05, 3.63) is 34.1 Å². The second kappa shape index (κ2) is 6.17. The Morgan fingerprint density at radius 3 is 2.71 bits per heavy atom. The fourth-order valence-electron chi connectivity index (χ4n) is 2.67. The lowest BCUT2D eigenvalue weighted by Crippen LogP contribution is -2.44. The van der Waals surface area contributed by atoms with Crippen molar-refractivity contribution >= 4 is 17.3 Å². The largest absolute Gasteiger partial charge is 0.320 e. The lowest BCUT2D eigenvalue weighted by atomic mass is 9.76.